The van der Waals surface area contributed by atoms with Gasteiger partial charge in [0, 0.05) is 24.5 Å². The van der Waals surface area contributed by atoms with E-state index in [-0.39, 0.29) is 25.8 Å². The second-order valence-electron chi connectivity index (χ2n) is 9.72. The Morgan fingerprint density at radius 2 is 1.60 bits per heavy atom. The van der Waals surface area contributed by atoms with Gasteiger partial charge < -0.3 is 28.8 Å². The Kier molecular flexibility index (Phi) is 10.6. The molecule has 0 radical (unpaired) electrons. The van der Waals surface area contributed by atoms with Crippen LogP contribution in [0.4, 0.5) is 0 Å². The Hall–Kier alpha value is -3.85. The largest absolute Gasteiger partial charge is 0.491 e. The van der Waals surface area contributed by atoms with Crippen LogP contribution in [-0.2, 0) is 16.0 Å². The molecule has 8 nitrogen and oxygen atoms in total. The van der Waals surface area contributed by atoms with Crippen LogP contribution in [0, 0.1) is 0 Å². The molecular weight excluding hydrogens is 510 g/mol. The number of aliphatic hydroxyl groups is 2. The lowest BCUT2D eigenvalue weighted by atomic mass is 10.0. The van der Waals surface area contributed by atoms with E-state index in [1.807, 2.05) is 89.8 Å². The predicted octanol–water partition coefficient (Wildman–Crippen LogP) is 4.78. The van der Waals surface area contributed by atoms with E-state index < -0.39 is 18.2 Å². The van der Waals surface area contributed by atoms with Gasteiger partial charge in [-0.2, -0.15) is 0 Å². The lowest BCUT2D eigenvalue weighted by molar-refractivity contribution is -0.145. The summed E-state index contributed by atoms with van der Waals surface area (Å²) < 4.78 is 22.0. The van der Waals surface area contributed by atoms with E-state index in [4.69, 9.17) is 18.6 Å². The predicted molar refractivity (Wildman–Crippen MR) is 152 cm³/mol. The summed E-state index contributed by atoms with van der Waals surface area (Å²) in [6.45, 7) is 4.67. The molecule has 3 aromatic carbocycles. The van der Waals surface area contributed by atoms with E-state index in [2.05, 4.69) is 6.92 Å². The first kappa shape index (κ1) is 29.1. The topological polar surface area (TPSA) is 102 Å². The molecule has 40 heavy (non-hydrogen) atoms. The number of carbonyl (C=O) groups excluding carboxylic acids is 1. The summed E-state index contributed by atoms with van der Waals surface area (Å²) in [6.07, 6.45) is -0.989. The molecule has 0 aliphatic rings. The minimum atomic E-state index is -0.879. The summed E-state index contributed by atoms with van der Waals surface area (Å²) in [5.41, 5.74) is 1.77. The molecule has 0 aliphatic carbocycles. The fraction of sp³-hybridized carbons (Fsp3) is 0.344. The van der Waals surface area contributed by atoms with Gasteiger partial charge in [0.05, 0.1) is 6.61 Å². The third-order valence-corrected chi connectivity index (χ3v) is 6.55. The van der Waals surface area contributed by atoms with Crippen molar-refractivity contribution in [3.8, 4) is 11.5 Å². The lowest BCUT2D eigenvalue weighted by Crippen LogP contribution is -2.44. The van der Waals surface area contributed by atoms with Gasteiger partial charge in [-0.25, -0.2) is 4.79 Å². The fourth-order valence-electron chi connectivity index (χ4n) is 4.48. The monoisotopic (exact) mass is 547 g/mol. The summed E-state index contributed by atoms with van der Waals surface area (Å²) in [4.78, 5) is 13.6. The summed E-state index contributed by atoms with van der Waals surface area (Å²) in [7, 11) is 0. The van der Waals surface area contributed by atoms with E-state index in [9.17, 15) is 15.0 Å². The number of aliphatic hydroxyl groups excluding tert-OH is 2. The number of ether oxygens (including phenoxy) is 3. The molecule has 212 valence electrons. The fourth-order valence-corrected chi connectivity index (χ4v) is 4.48. The zero-order chi connectivity index (χ0) is 28.3. The Morgan fingerprint density at radius 1 is 0.900 bits per heavy atom. The average molecular weight is 548 g/mol. The second kappa shape index (κ2) is 14.5. The Balaban J connectivity index is 1.41. The highest BCUT2D eigenvalue weighted by Gasteiger charge is 2.24. The van der Waals surface area contributed by atoms with Crippen molar-refractivity contribution in [1.82, 2.24) is 4.90 Å². The Labute approximate surface area is 234 Å². The molecule has 0 bridgehead atoms. The third kappa shape index (κ3) is 8.58. The van der Waals surface area contributed by atoms with E-state index in [1.165, 1.54) is 0 Å². The number of furan rings is 1. The van der Waals surface area contributed by atoms with Crippen molar-refractivity contribution in [1.29, 1.82) is 0 Å². The highest BCUT2D eigenvalue weighted by atomic mass is 16.6. The molecule has 1 aromatic heterocycles. The number of esters is 1. The van der Waals surface area contributed by atoms with Crippen LogP contribution in [0.1, 0.15) is 31.3 Å². The van der Waals surface area contributed by atoms with Crippen molar-refractivity contribution < 1.29 is 33.6 Å². The van der Waals surface area contributed by atoms with E-state index in [0.29, 0.717) is 36.8 Å². The number of hydrogen-bond acceptors (Lipinski definition) is 8. The standard InChI is InChI=1S/C32H37NO7/c1-3-37-32(36)22-39-28-15-13-24(14-16-28)17-23(2)33(19-26(34)21-38-27-10-5-4-6-11-27)20-29(35)31-18-25-9-7-8-12-30(25)40-31/h4-16,18,23,26,29,34-35H,3,17,19-22H2,1-2H3/t23?,26-,29+/m0/s1. The van der Waals surface area contributed by atoms with Crippen LogP contribution in [0.25, 0.3) is 11.0 Å². The quantitative estimate of drug-likeness (QED) is 0.205. The second-order valence-corrected chi connectivity index (χ2v) is 9.72. The molecular formula is C32H37NO7. The van der Waals surface area contributed by atoms with Crippen molar-refractivity contribution in [2.45, 2.75) is 38.5 Å². The Morgan fingerprint density at radius 3 is 2.33 bits per heavy atom. The molecule has 0 fully saturated rings. The first-order valence-electron chi connectivity index (χ1n) is 13.5. The number of fused-ring (bicyclic) bond motifs is 1. The summed E-state index contributed by atoms with van der Waals surface area (Å²) in [5, 5.41) is 22.9. The molecule has 4 rings (SSSR count). The molecule has 0 saturated carbocycles. The molecule has 4 aromatic rings. The first-order valence-corrected chi connectivity index (χ1v) is 13.5. The lowest BCUT2D eigenvalue weighted by Gasteiger charge is -2.32. The van der Waals surface area contributed by atoms with Gasteiger partial charge in [0.1, 0.15) is 41.7 Å². The molecule has 1 heterocycles. The van der Waals surface area contributed by atoms with E-state index in [0.717, 1.165) is 16.5 Å². The summed E-state index contributed by atoms with van der Waals surface area (Å²) in [6, 6.07) is 26.3. The molecule has 0 spiro atoms. The normalized spacial score (nSPS) is 13.6. The van der Waals surface area contributed by atoms with Crippen molar-refractivity contribution in [3.63, 3.8) is 0 Å². The molecule has 1 unspecified atom stereocenters. The summed E-state index contributed by atoms with van der Waals surface area (Å²) in [5.74, 6) is 1.34. The molecule has 2 N–H and O–H groups in total. The van der Waals surface area contributed by atoms with E-state index in [1.54, 1.807) is 6.92 Å². The number of hydrogen-bond donors (Lipinski definition) is 2. The first-order chi connectivity index (χ1) is 19.4. The van der Waals surface area contributed by atoms with Gasteiger partial charge >= 0.3 is 5.97 Å². The van der Waals surface area contributed by atoms with Crippen molar-refractivity contribution in [3.05, 3.63) is 96.3 Å². The van der Waals surface area contributed by atoms with Crippen LogP contribution in [0.2, 0.25) is 0 Å². The zero-order valence-electron chi connectivity index (χ0n) is 22.9. The number of benzene rings is 3. The molecule has 8 heteroatoms. The maximum Gasteiger partial charge on any atom is 0.344 e. The number of carbonyl (C=O) groups is 1. The molecule has 0 amide bonds. The smallest absolute Gasteiger partial charge is 0.344 e. The number of nitrogens with zero attached hydrogens (tertiary/aromatic N) is 1. The number of para-hydroxylation sites is 2. The van der Waals surface area contributed by atoms with Crippen molar-refractivity contribution in [2.75, 3.05) is 32.9 Å². The highest BCUT2D eigenvalue weighted by Crippen LogP contribution is 2.25. The van der Waals surface area contributed by atoms with Crippen LogP contribution in [-0.4, -0.2) is 66.1 Å². The van der Waals surface area contributed by atoms with Gasteiger partial charge in [0.2, 0.25) is 0 Å². The minimum absolute atomic E-state index is 0.0308. The van der Waals surface area contributed by atoms with Crippen LogP contribution in [0.15, 0.2) is 89.3 Å². The van der Waals surface area contributed by atoms with Crippen LogP contribution in [0.3, 0.4) is 0 Å². The summed E-state index contributed by atoms with van der Waals surface area (Å²) >= 11 is 0. The SMILES string of the molecule is CCOC(=O)COc1ccc(CC(C)N(C[C@H](O)COc2ccccc2)C[C@@H](O)c2cc3ccccc3o2)cc1. The van der Waals surface area contributed by atoms with Crippen molar-refractivity contribution in [2.24, 2.45) is 0 Å². The van der Waals surface area contributed by atoms with Gasteiger partial charge in [0.15, 0.2) is 6.61 Å². The van der Waals surface area contributed by atoms with Gasteiger partial charge in [-0.1, -0.05) is 48.5 Å². The van der Waals surface area contributed by atoms with Gasteiger partial charge in [-0.05, 0) is 62.2 Å². The molecule has 3 atom stereocenters. The number of rotatable bonds is 15. The van der Waals surface area contributed by atoms with Gasteiger partial charge in [-0.3, -0.25) is 4.90 Å². The molecule has 0 aliphatic heterocycles. The maximum atomic E-state index is 11.6. The third-order valence-electron chi connectivity index (χ3n) is 6.55. The minimum Gasteiger partial charge on any atom is -0.491 e. The zero-order valence-corrected chi connectivity index (χ0v) is 22.9. The highest BCUT2D eigenvalue weighted by molar-refractivity contribution is 5.77. The van der Waals surface area contributed by atoms with Crippen molar-refractivity contribution >= 4 is 16.9 Å². The van der Waals surface area contributed by atoms with Crippen LogP contribution >= 0.6 is 0 Å². The van der Waals surface area contributed by atoms with Crippen LogP contribution in [0.5, 0.6) is 11.5 Å². The maximum absolute atomic E-state index is 11.6. The van der Waals surface area contributed by atoms with Gasteiger partial charge in [0.25, 0.3) is 0 Å². The van der Waals surface area contributed by atoms with E-state index >= 15 is 0 Å². The van der Waals surface area contributed by atoms with Gasteiger partial charge in [-0.15, -0.1) is 0 Å². The molecule has 0 saturated heterocycles. The average Bonchev–Trinajstić information content (AvgIpc) is 3.41. The van der Waals surface area contributed by atoms with Crippen LogP contribution < -0.4 is 9.47 Å². The Bertz CT molecular complexity index is 1290.